The lowest BCUT2D eigenvalue weighted by molar-refractivity contribution is 0.203. The molecule has 0 spiro atoms. The Balaban J connectivity index is 2.30. The van der Waals surface area contributed by atoms with Crippen LogP contribution in [0, 0.1) is 12.3 Å². The highest BCUT2D eigenvalue weighted by atomic mass is 16.5. The van der Waals surface area contributed by atoms with Gasteiger partial charge in [0.05, 0.1) is 18.0 Å². The summed E-state index contributed by atoms with van der Waals surface area (Å²) in [7, 11) is 1.76. The van der Waals surface area contributed by atoms with Crippen molar-refractivity contribution in [1.29, 1.82) is 0 Å². The van der Waals surface area contributed by atoms with Crippen LogP contribution in [-0.4, -0.2) is 33.4 Å². The lowest BCUT2D eigenvalue weighted by Crippen LogP contribution is -2.37. The van der Waals surface area contributed by atoms with Gasteiger partial charge in [-0.15, -0.1) is 0 Å². The Morgan fingerprint density at radius 3 is 2.89 bits per heavy atom. The fourth-order valence-corrected chi connectivity index (χ4v) is 2.46. The number of hydrogen-bond donors (Lipinski definition) is 1. The molecule has 1 aromatic carbocycles. The first kappa shape index (κ1) is 13.2. The quantitative estimate of drug-likeness (QED) is 0.890. The van der Waals surface area contributed by atoms with Crippen molar-refractivity contribution >= 4 is 11.4 Å². The molecule has 0 bridgehead atoms. The topological polar surface area (TPSA) is 24.5 Å². The summed E-state index contributed by atoms with van der Waals surface area (Å²) in [6.07, 6.45) is 0. The molecule has 1 N–H and O–H groups in total. The van der Waals surface area contributed by atoms with E-state index in [1.165, 1.54) is 16.9 Å². The van der Waals surface area contributed by atoms with Gasteiger partial charge in [-0.3, -0.25) is 0 Å². The summed E-state index contributed by atoms with van der Waals surface area (Å²) in [6, 6.07) is 6.63. The van der Waals surface area contributed by atoms with Gasteiger partial charge in [0, 0.05) is 26.7 Å². The number of benzene rings is 1. The normalized spacial score (nSPS) is 17.9. The number of aryl methyl sites for hydroxylation is 1. The average molecular weight is 248 g/mol. The molecule has 18 heavy (non-hydrogen) atoms. The number of nitrogens with one attached hydrogen (secondary N) is 1. The first-order valence-corrected chi connectivity index (χ1v) is 6.60. The number of rotatable bonds is 3. The Morgan fingerprint density at radius 2 is 2.17 bits per heavy atom. The Morgan fingerprint density at radius 1 is 1.39 bits per heavy atom. The second kappa shape index (κ2) is 5.19. The standard InChI is InChI=1S/C15H24N2O/c1-12-5-6-14-13(9-12)16-10-15(2,3)11-17(14)7-8-18-4/h5-6,9,16H,7-8,10-11H2,1-4H3. The van der Waals surface area contributed by atoms with Gasteiger partial charge in [-0.05, 0) is 30.0 Å². The summed E-state index contributed by atoms with van der Waals surface area (Å²) >= 11 is 0. The van der Waals surface area contributed by atoms with E-state index >= 15 is 0 Å². The van der Waals surface area contributed by atoms with Gasteiger partial charge >= 0.3 is 0 Å². The van der Waals surface area contributed by atoms with Crippen molar-refractivity contribution in [1.82, 2.24) is 0 Å². The fraction of sp³-hybridized carbons (Fsp3) is 0.600. The minimum Gasteiger partial charge on any atom is -0.383 e. The molecule has 1 aromatic rings. The highest BCUT2D eigenvalue weighted by molar-refractivity contribution is 5.72. The molecule has 0 saturated carbocycles. The predicted molar refractivity (Wildman–Crippen MR) is 77.5 cm³/mol. The monoisotopic (exact) mass is 248 g/mol. The first-order valence-electron chi connectivity index (χ1n) is 6.60. The van der Waals surface area contributed by atoms with E-state index in [9.17, 15) is 0 Å². The molecule has 3 heteroatoms. The maximum Gasteiger partial charge on any atom is 0.0637 e. The molecule has 1 heterocycles. The molecule has 3 nitrogen and oxygen atoms in total. The average Bonchev–Trinajstić information content (AvgIpc) is 2.44. The van der Waals surface area contributed by atoms with Crippen molar-refractivity contribution in [3.8, 4) is 0 Å². The van der Waals surface area contributed by atoms with Gasteiger partial charge in [-0.25, -0.2) is 0 Å². The van der Waals surface area contributed by atoms with Crippen LogP contribution in [0.4, 0.5) is 11.4 Å². The third-order valence-corrected chi connectivity index (χ3v) is 3.43. The SMILES string of the molecule is COCCN1CC(C)(C)CNc2cc(C)ccc21. The van der Waals surface area contributed by atoms with Gasteiger partial charge in [0.1, 0.15) is 0 Å². The smallest absolute Gasteiger partial charge is 0.0637 e. The highest BCUT2D eigenvalue weighted by Gasteiger charge is 2.26. The first-order chi connectivity index (χ1) is 8.52. The summed E-state index contributed by atoms with van der Waals surface area (Å²) in [5.74, 6) is 0. The second-order valence-corrected chi connectivity index (χ2v) is 5.95. The van der Waals surface area contributed by atoms with E-state index in [0.717, 1.165) is 26.2 Å². The lowest BCUT2D eigenvalue weighted by atomic mass is 9.93. The summed E-state index contributed by atoms with van der Waals surface area (Å²) in [6.45, 7) is 10.5. The predicted octanol–water partition coefficient (Wildman–Crippen LogP) is 2.90. The number of hydrogen-bond acceptors (Lipinski definition) is 3. The van der Waals surface area contributed by atoms with E-state index in [1.807, 2.05) is 0 Å². The van der Waals surface area contributed by atoms with Crippen LogP contribution in [0.3, 0.4) is 0 Å². The molecule has 0 aliphatic carbocycles. The van der Waals surface area contributed by atoms with E-state index in [1.54, 1.807) is 7.11 Å². The Bertz CT molecular complexity index is 415. The van der Waals surface area contributed by atoms with Crippen molar-refractivity contribution in [2.24, 2.45) is 5.41 Å². The number of anilines is 2. The Hall–Kier alpha value is -1.22. The summed E-state index contributed by atoms with van der Waals surface area (Å²) in [4.78, 5) is 2.43. The van der Waals surface area contributed by atoms with E-state index in [0.29, 0.717) is 0 Å². The van der Waals surface area contributed by atoms with Gasteiger partial charge in [0.15, 0.2) is 0 Å². The zero-order chi connectivity index (χ0) is 13.2. The van der Waals surface area contributed by atoms with Gasteiger partial charge in [-0.1, -0.05) is 19.9 Å². The van der Waals surface area contributed by atoms with Crippen LogP contribution in [0.5, 0.6) is 0 Å². The van der Waals surface area contributed by atoms with Crippen LogP contribution in [0.15, 0.2) is 18.2 Å². The van der Waals surface area contributed by atoms with Crippen LogP contribution in [0.2, 0.25) is 0 Å². The largest absolute Gasteiger partial charge is 0.383 e. The third kappa shape index (κ3) is 2.96. The van der Waals surface area contributed by atoms with Crippen LogP contribution in [0.1, 0.15) is 19.4 Å². The molecule has 0 radical (unpaired) electrons. The molecule has 1 aliphatic heterocycles. The molecule has 0 unspecified atom stereocenters. The van der Waals surface area contributed by atoms with Crippen molar-refractivity contribution in [2.45, 2.75) is 20.8 Å². The maximum atomic E-state index is 5.23. The number of ether oxygens (including phenoxy) is 1. The van der Waals surface area contributed by atoms with E-state index in [4.69, 9.17) is 4.74 Å². The minimum absolute atomic E-state index is 0.265. The molecule has 0 amide bonds. The van der Waals surface area contributed by atoms with E-state index in [-0.39, 0.29) is 5.41 Å². The van der Waals surface area contributed by atoms with Gasteiger partial charge in [0.2, 0.25) is 0 Å². The maximum absolute atomic E-state index is 5.23. The van der Waals surface area contributed by atoms with Crippen molar-refractivity contribution in [3.05, 3.63) is 23.8 Å². The van der Waals surface area contributed by atoms with Crippen LogP contribution < -0.4 is 10.2 Å². The van der Waals surface area contributed by atoms with E-state index < -0.39 is 0 Å². The fourth-order valence-electron chi connectivity index (χ4n) is 2.46. The molecule has 0 saturated heterocycles. The zero-order valence-corrected chi connectivity index (χ0v) is 11.9. The Labute approximate surface area is 110 Å². The van der Waals surface area contributed by atoms with Gasteiger partial charge in [-0.2, -0.15) is 0 Å². The molecule has 100 valence electrons. The summed E-state index contributed by atoms with van der Waals surface area (Å²) < 4.78 is 5.23. The zero-order valence-electron chi connectivity index (χ0n) is 11.9. The summed E-state index contributed by atoms with van der Waals surface area (Å²) in [5.41, 5.74) is 4.10. The van der Waals surface area contributed by atoms with Crippen LogP contribution >= 0.6 is 0 Å². The van der Waals surface area contributed by atoms with Gasteiger partial charge in [0.25, 0.3) is 0 Å². The number of methoxy groups -OCH3 is 1. The highest BCUT2D eigenvalue weighted by Crippen LogP contribution is 2.33. The van der Waals surface area contributed by atoms with E-state index in [2.05, 4.69) is 49.2 Å². The molecule has 2 rings (SSSR count). The second-order valence-electron chi connectivity index (χ2n) is 5.95. The summed E-state index contributed by atoms with van der Waals surface area (Å²) in [5, 5.41) is 3.58. The van der Waals surface area contributed by atoms with Crippen LogP contribution in [-0.2, 0) is 4.74 Å². The van der Waals surface area contributed by atoms with Crippen molar-refractivity contribution in [3.63, 3.8) is 0 Å². The van der Waals surface area contributed by atoms with Crippen molar-refractivity contribution < 1.29 is 4.74 Å². The van der Waals surface area contributed by atoms with Crippen molar-refractivity contribution in [2.75, 3.05) is 43.6 Å². The Kier molecular flexibility index (Phi) is 3.81. The number of fused-ring (bicyclic) bond motifs is 1. The number of nitrogens with zero attached hydrogens (tertiary/aromatic N) is 1. The third-order valence-electron chi connectivity index (χ3n) is 3.43. The van der Waals surface area contributed by atoms with Gasteiger partial charge < -0.3 is 15.0 Å². The molecule has 0 atom stereocenters. The molecule has 1 aliphatic rings. The molecule has 0 aromatic heterocycles. The molecular weight excluding hydrogens is 224 g/mol. The molecule has 0 fully saturated rings. The van der Waals surface area contributed by atoms with Crippen LogP contribution in [0.25, 0.3) is 0 Å². The minimum atomic E-state index is 0.265. The molecular formula is C15H24N2O. The lowest BCUT2D eigenvalue weighted by Gasteiger charge is -2.31.